The number of nitro benzene ring substituents is 1. The van der Waals surface area contributed by atoms with Crippen LogP contribution in [0.5, 0.6) is 0 Å². The Labute approximate surface area is 157 Å². The zero-order valence-corrected chi connectivity index (χ0v) is 14.5. The molecular weight excluding hydrogens is 340 g/mol. The van der Waals surface area contributed by atoms with Crippen molar-refractivity contribution in [3.05, 3.63) is 112 Å². The SMILES string of the molecule is O=C(/C=C/c1cccc([N+](=O)[O-])c1)Nc1ccccc1Cc1ccccc1. The molecule has 5 nitrogen and oxygen atoms in total. The largest absolute Gasteiger partial charge is 0.322 e. The molecule has 0 aromatic heterocycles. The Balaban J connectivity index is 1.71. The number of hydrogen-bond acceptors (Lipinski definition) is 3. The van der Waals surface area contributed by atoms with E-state index in [4.69, 9.17) is 0 Å². The van der Waals surface area contributed by atoms with Crippen LogP contribution in [0.1, 0.15) is 16.7 Å². The predicted molar refractivity (Wildman–Crippen MR) is 106 cm³/mol. The molecule has 1 N–H and O–H groups in total. The van der Waals surface area contributed by atoms with Crippen molar-refractivity contribution in [1.29, 1.82) is 0 Å². The molecule has 5 heteroatoms. The van der Waals surface area contributed by atoms with Gasteiger partial charge in [0.2, 0.25) is 5.91 Å². The van der Waals surface area contributed by atoms with Gasteiger partial charge in [0, 0.05) is 23.9 Å². The smallest absolute Gasteiger partial charge is 0.270 e. The molecule has 0 aliphatic rings. The lowest BCUT2D eigenvalue weighted by Crippen LogP contribution is -2.10. The van der Waals surface area contributed by atoms with Crippen LogP contribution in [0.15, 0.2) is 84.9 Å². The molecule has 0 aliphatic carbocycles. The first-order chi connectivity index (χ1) is 13.1. The van der Waals surface area contributed by atoms with Gasteiger partial charge < -0.3 is 5.32 Å². The summed E-state index contributed by atoms with van der Waals surface area (Å²) in [7, 11) is 0. The van der Waals surface area contributed by atoms with Crippen LogP contribution in [0.3, 0.4) is 0 Å². The van der Waals surface area contributed by atoms with Gasteiger partial charge in [-0.3, -0.25) is 14.9 Å². The van der Waals surface area contributed by atoms with Crippen molar-refractivity contribution in [1.82, 2.24) is 0 Å². The summed E-state index contributed by atoms with van der Waals surface area (Å²) < 4.78 is 0. The van der Waals surface area contributed by atoms with Crippen molar-refractivity contribution in [3.63, 3.8) is 0 Å². The molecule has 0 atom stereocenters. The molecule has 1 amide bonds. The van der Waals surface area contributed by atoms with E-state index in [1.807, 2.05) is 54.6 Å². The van der Waals surface area contributed by atoms with Gasteiger partial charge in [-0.15, -0.1) is 0 Å². The van der Waals surface area contributed by atoms with E-state index in [-0.39, 0.29) is 11.6 Å². The van der Waals surface area contributed by atoms with Crippen molar-refractivity contribution >= 4 is 23.4 Å². The van der Waals surface area contributed by atoms with Gasteiger partial charge in [0.05, 0.1) is 4.92 Å². The summed E-state index contributed by atoms with van der Waals surface area (Å²) in [5.41, 5.74) is 3.50. The van der Waals surface area contributed by atoms with Gasteiger partial charge in [-0.25, -0.2) is 0 Å². The number of benzene rings is 3. The highest BCUT2D eigenvalue weighted by Gasteiger charge is 2.06. The highest BCUT2D eigenvalue weighted by molar-refractivity contribution is 6.02. The van der Waals surface area contributed by atoms with Gasteiger partial charge in [-0.2, -0.15) is 0 Å². The zero-order valence-electron chi connectivity index (χ0n) is 14.5. The Morgan fingerprint density at radius 1 is 0.963 bits per heavy atom. The fourth-order valence-corrected chi connectivity index (χ4v) is 2.70. The van der Waals surface area contributed by atoms with Crippen LogP contribution in [0.2, 0.25) is 0 Å². The fourth-order valence-electron chi connectivity index (χ4n) is 2.70. The minimum Gasteiger partial charge on any atom is -0.322 e. The highest BCUT2D eigenvalue weighted by atomic mass is 16.6. The van der Waals surface area contributed by atoms with Crippen LogP contribution in [0.4, 0.5) is 11.4 Å². The third-order valence-electron chi connectivity index (χ3n) is 4.02. The number of rotatable bonds is 6. The van der Waals surface area contributed by atoms with Gasteiger partial charge in [0.25, 0.3) is 5.69 Å². The van der Waals surface area contributed by atoms with E-state index in [2.05, 4.69) is 5.32 Å². The van der Waals surface area contributed by atoms with Crippen LogP contribution < -0.4 is 5.32 Å². The number of hydrogen-bond donors (Lipinski definition) is 1. The molecule has 0 unspecified atom stereocenters. The number of amides is 1. The first kappa shape index (κ1) is 18.1. The number of carbonyl (C=O) groups excluding carboxylic acids is 1. The number of para-hydroxylation sites is 1. The van der Waals surface area contributed by atoms with Crippen molar-refractivity contribution in [3.8, 4) is 0 Å². The van der Waals surface area contributed by atoms with Crippen molar-refractivity contribution in [2.45, 2.75) is 6.42 Å². The number of nitrogens with zero attached hydrogens (tertiary/aromatic N) is 1. The molecular formula is C22H18N2O3. The summed E-state index contributed by atoms with van der Waals surface area (Å²) in [6, 6.07) is 23.8. The molecule has 3 aromatic rings. The number of nitrogens with one attached hydrogen (secondary N) is 1. The molecule has 0 saturated carbocycles. The van der Waals surface area contributed by atoms with Crippen molar-refractivity contribution < 1.29 is 9.72 Å². The average Bonchev–Trinajstić information content (AvgIpc) is 2.69. The van der Waals surface area contributed by atoms with Crippen LogP contribution in [-0.4, -0.2) is 10.8 Å². The van der Waals surface area contributed by atoms with Gasteiger partial charge >= 0.3 is 0 Å². The second-order valence-electron chi connectivity index (χ2n) is 5.99. The zero-order chi connectivity index (χ0) is 19.1. The Morgan fingerprint density at radius 2 is 1.70 bits per heavy atom. The normalized spacial score (nSPS) is 10.7. The first-order valence-electron chi connectivity index (χ1n) is 8.47. The van der Waals surface area contributed by atoms with Crippen LogP contribution >= 0.6 is 0 Å². The van der Waals surface area contributed by atoms with E-state index < -0.39 is 4.92 Å². The maximum Gasteiger partial charge on any atom is 0.270 e. The lowest BCUT2D eigenvalue weighted by atomic mass is 10.0. The van der Waals surface area contributed by atoms with Crippen LogP contribution in [0.25, 0.3) is 6.08 Å². The number of anilines is 1. The van der Waals surface area contributed by atoms with Crippen LogP contribution in [-0.2, 0) is 11.2 Å². The van der Waals surface area contributed by atoms with Crippen molar-refractivity contribution in [2.24, 2.45) is 0 Å². The summed E-state index contributed by atoms with van der Waals surface area (Å²) in [5.74, 6) is -0.290. The molecule has 27 heavy (non-hydrogen) atoms. The van der Waals surface area contributed by atoms with Gasteiger partial charge in [0.15, 0.2) is 0 Å². The molecule has 0 saturated heterocycles. The minimum absolute atomic E-state index is 0.00855. The lowest BCUT2D eigenvalue weighted by molar-refractivity contribution is -0.384. The van der Waals surface area contributed by atoms with E-state index in [0.29, 0.717) is 12.0 Å². The van der Waals surface area contributed by atoms with E-state index in [1.165, 1.54) is 18.2 Å². The Bertz CT molecular complexity index is 982. The first-order valence-corrected chi connectivity index (χ1v) is 8.47. The minimum atomic E-state index is -0.461. The van der Waals surface area contributed by atoms with Crippen LogP contribution in [0, 0.1) is 10.1 Å². The monoisotopic (exact) mass is 358 g/mol. The third kappa shape index (κ3) is 5.12. The average molecular weight is 358 g/mol. The summed E-state index contributed by atoms with van der Waals surface area (Å²) in [6.07, 6.45) is 3.65. The standard InChI is InChI=1S/C22H18N2O3/c25-22(14-13-18-9-6-11-20(16-18)24(26)27)23-21-12-5-4-10-19(21)15-17-7-2-1-3-8-17/h1-14,16H,15H2,(H,23,25)/b14-13+. The second kappa shape index (κ2) is 8.58. The van der Waals surface area contributed by atoms with Crippen molar-refractivity contribution in [2.75, 3.05) is 5.32 Å². The number of carbonyl (C=O) groups is 1. The summed E-state index contributed by atoms with van der Waals surface area (Å²) in [4.78, 5) is 22.6. The molecule has 3 aromatic carbocycles. The summed E-state index contributed by atoms with van der Waals surface area (Å²) >= 11 is 0. The molecule has 0 bridgehead atoms. The molecule has 3 rings (SSSR count). The predicted octanol–water partition coefficient (Wildman–Crippen LogP) is 4.84. The summed E-state index contributed by atoms with van der Waals surface area (Å²) in [5, 5.41) is 13.7. The number of non-ortho nitro benzene ring substituents is 1. The van der Waals surface area contributed by atoms with E-state index in [1.54, 1.807) is 18.2 Å². The maximum atomic E-state index is 12.3. The topological polar surface area (TPSA) is 72.2 Å². The molecule has 0 heterocycles. The van der Waals surface area contributed by atoms with E-state index >= 15 is 0 Å². The van der Waals surface area contributed by atoms with E-state index in [0.717, 1.165) is 16.8 Å². The lowest BCUT2D eigenvalue weighted by Gasteiger charge is -2.10. The fraction of sp³-hybridized carbons (Fsp3) is 0.0455. The Hall–Kier alpha value is -3.73. The maximum absolute atomic E-state index is 12.3. The molecule has 0 radical (unpaired) electrons. The quantitative estimate of drug-likeness (QED) is 0.389. The molecule has 0 fully saturated rings. The molecule has 0 spiro atoms. The van der Waals surface area contributed by atoms with Gasteiger partial charge in [0.1, 0.15) is 0 Å². The highest BCUT2D eigenvalue weighted by Crippen LogP contribution is 2.19. The number of nitro groups is 1. The summed E-state index contributed by atoms with van der Waals surface area (Å²) in [6.45, 7) is 0. The Kier molecular flexibility index (Phi) is 5.74. The third-order valence-corrected chi connectivity index (χ3v) is 4.02. The van der Waals surface area contributed by atoms with E-state index in [9.17, 15) is 14.9 Å². The van der Waals surface area contributed by atoms with Gasteiger partial charge in [-0.1, -0.05) is 60.7 Å². The second-order valence-corrected chi connectivity index (χ2v) is 5.99. The Morgan fingerprint density at radius 3 is 2.48 bits per heavy atom. The van der Waals surface area contributed by atoms with Gasteiger partial charge in [-0.05, 0) is 35.3 Å². The molecule has 134 valence electrons. The molecule has 0 aliphatic heterocycles.